The van der Waals surface area contributed by atoms with E-state index in [9.17, 15) is 14.4 Å². The highest BCUT2D eigenvalue weighted by Crippen LogP contribution is 2.17. The second kappa shape index (κ2) is 60.9. The Hall–Kier alpha value is -2.63. The molecule has 0 radical (unpaired) electrons. The van der Waals surface area contributed by atoms with Crippen molar-refractivity contribution in [2.45, 2.75) is 341 Å². The predicted octanol–water partition coefficient (Wildman–Crippen LogP) is 21.4. The fourth-order valence-electron chi connectivity index (χ4n) is 9.27. The highest BCUT2D eigenvalue weighted by Gasteiger charge is 2.19. The summed E-state index contributed by atoms with van der Waals surface area (Å²) in [6.45, 7) is 6.61. The molecule has 0 fully saturated rings. The van der Waals surface area contributed by atoms with Crippen molar-refractivity contribution in [1.82, 2.24) is 0 Å². The zero-order valence-electron chi connectivity index (χ0n) is 48.2. The smallest absolute Gasteiger partial charge is 0.306 e. The van der Waals surface area contributed by atoms with Gasteiger partial charge in [-0.3, -0.25) is 14.4 Å². The van der Waals surface area contributed by atoms with Gasteiger partial charge in [0.05, 0.1) is 0 Å². The lowest BCUT2D eigenvalue weighted by atomic mass is 10.0. The minimum absolute atomic E-state index is 0.0720. The molecule has 0 aromatic rings. The summed E-state index contributed by atoms with van der Waals surface area (Å²) in [5.41, 5.74) is 0. The normalized spacial score (nSPS) is 12.3. The summed E-state index contributed by atoms with van der Waals surface area (Å²) in [5.74, 6) is -0.869. The van der Waals surface area contributed by atoms with Crippen molar-refractivity contribution in [2.24, 2.45) is 0 Å². The van der Waals surface area contributed by atoms with Crippen LogP contribution < -0.4 is 0 Å². The van der Waals surface area contributed by atoms with Crippen molar-refractivity contribution in [3.05, 3.63) is 48.6 Å². The maximum absolute atomic E-state index is 12.8. The maximum Gasteiger partial charge on any atom is 0.306 e. The molecule has 0 bridgehead atoms. The van der Waals surface area contributed by atoms with Crippen LogP contribution in [0.15, 0.2) is 48.6 Å². The summed E-state index contributed by atoms with van der Waals surface area (Å²) in [6.07, 6.45) is 75.8. The zero-order valence-corrected chi connectivity index (χ0v) is 48.2. The first kappa shape index (κ1) is 69.4. The van der Waals surface area contributed by atoms with Gasteiger partial charge in [0, 0.05) is 19.3 Å². The van der Waals surface area contributed by atoms with Crippen molar-refractivity contribution >= 4 is 17.9 Å². The van der Waals surface area contributed by atoms with E-state index in [0.717, 1.165) is 77.0 Å². The molecule has 0 aliphatic carbocycles. The van der Waals surface area contributed by atoms with Gasteiger partial charge in [-0.25, -0.2) is 0 Å². The Morgan fingerprint density at radius 3 is 0.819 bits per heavy atom. The molecule has 1 atom stereocenters. The Bertz CT molecular complexity index is 1250. The Kier molecular flexibility index (Phi) is 58.7. The Labute approximate surface area is 448 Å². The van der Waals surface area contributed by atoms with Gasteiger partial charge in [0.2, 0.25) is 0 Å². The molecule has 0 heterocycles. The SMILES string of the molecule is CCCCC/C=C\CCCCCCCC(=O)OC(COC(=O)CCCCCCCCCCC)COC(=O)CCCCCCCCCCCCCCCCCCCC/C=C\C/C=C\C/C=C\CCCCCCC. The van der Waals surface area contributed by atoms with Crippen molar-refractivity contribution < 1.29 is 28.6 Å². The summed E-state index contributed by atoms with van der Waals surface area (Å²) in [7, 11) is 0. The number of hydrogen-bond donors (Lipinski definition) is 0. The average Bonchev–Trinajstić information content (AvgIpc) is 3.38. The maximum atomic E-state index is 12.8. The first-order chi connectivity index (χ1) is 35.5. The monoisotopic (exact) mass is 1010 g/mol. The molecule has 0 amide bonds. The van der Waals surface area contributed by atoms with Crippen LogP contribution in [-0.4, -0.2) is 37.2 Å². The van der Waals surface area contributed by atoms with Crippen LogP contribution in [0.4, 0.5) is 0 Å². The topological polar surface area (TPSA) is 78.9 Å². The Morgan fingerprint density at radius 1 is 0.278 bits per heavy atom. The third-order valence-electron chi connectivity index (χ3n) is 14.1. The molecule has 0 aromatic heterocycles. The van der Waals surface area contributed by atoms with E-state index in [1.54, 1.807) is 0 Å². The third-order valence-corrected chi connectivity index (χ3v) is 14.1. The van der Waals surface area contributed by atoms with Gasteiger partial charge >= 0.3 is 17.9 Å². The van der Waals surface area contributed by atoms with E-state index in [4.69, 9.17) is 14.2 Å². The summed E-state index contributed by atoms with van der Waals surface area (Å²) >= 11 is 0. The lowest BCUT2D eigenvalue weighted by Gasteiger charge is -2.18. The molecule has 0 aromatic carbocycles. The summed E-state index contributed by atoms with van der Waals surface area (Å²) < 4.78 is 16.8. The second-order valence-electron chi connectivity index (χ2n) is 21.3. The van der Waals surface area contributed by atoms with Crippen LogP contribution >= 0.6 is 0 Å². The molecule has 0 saturated carbocycles. The number of hydrogen-bond acceptors (Lipinski definition) is 6. The van der Waals surface area contributed by atoms with E-state index in [-0.39, 0.29) is 31.1 Å². The van der Waals surface area contributed by atoms with Crippen LogP contribution in [0.3, 0.4) is 0 Å². The molecule has 0 N–H and O–H groups in total. The molecular formula is C66H120O6. The molecule has 0 saturated heterocycles. The molecule has 420 valence electrons. The van der Waals surface area contributed by atoms with Gasteiger partial charge in [-0.2, -0.15) is 0 Å². The van der Waals surface area contributed by atoms with Crippen molar-refractivity contribution in [2.75, 3.05) is 13.2 Å². The quantitative estimate of drug-likeness (QED) is 0.0261. The summed E-state index contributed by atoms with van der Waals surface area (Å²) in [4.78, 5) is 38.0. The number of unbranched alkanes of at least 4 members (excludes halogenated alkanes) is 39. The number of carbonyl (C=O) groups excluding carboxylic acids is 3. The van der Waals surface area contributed by atoms with Gasteiger partial charge in [-0.15, -0.1) is 0 Å². The van der Waals surface area contributed by atoms with E-state index >= 15 is 0 Å². The highest BCUT2D eigenvalue weighted by atomic mass is 16.6. The van der Waals surface area contributed by atoms with Gasteiger partial charge in [-0.05, 0) is 83.5 Å². The fourth-order valence-corrected chi connectivity index (χ4v) is 9.27. The molecule has 0 aliphatic rings. The third kappa shape index (κ3) is 58.3. The second-order valence-corrected chi connectivity index (χ2v) is 21.3. The van der Waals surface area contributed by atoms with Crippen molar-refractivity contribution in [3.63, 3.8) is 0 Å². The summed E-state index contributed by atoms with van der Waals surface area (Å²) in [5, 5.41) is 0. The molecular weight excluding hydrogens is 889 g/mol. The average molecular weight is 1010 g/mol. The zero-order chi connectivity index (χ0) is 52.2. The largest absolute Gasteiger partial charge is 0.462 e. The van der Waals surface area contributed by atoms with E-state index in [1.807, 2.05) is 0 Å². The Morgan fingerprint density at radius 2 is 0.500 bits per heavy atom. The Balaban J connectivity index is 3.99. The van der Waals surface area contributed by atoms with E-state index < -0.39 is 6.10 Å². The first-order valence-electron chi connectivity index (χ1n) is 31.6. The lowest BCUT2D eigenvalue weighted by Crippen LogP contribution is -2.30. The van der Waals surface area contributed by atoms with Crippen LogP contribution in [0.2, 0.25) is 0 Å². The number of allylic oxidation sites excluding steroid dienone is 8. The minimum Gasteiger partial charge on any atom is -0.462 e. The summed E-state index contributed by atoms with van der Waals surface area (Å²) in [6, 6.07) is 0. The molecule has 1 unspecified atom stereocenters. The van der Waals surface area contributed by atoms with Gasteiger partial charge in [-0.1, -0.05) is 281 Å². The fraction of sp³-hybridized carbons (Fsp3) is 0.833. The minimum atomic E-state index is -0.772. The molecule has 0 aliphatic heterocycles. The van der Waals surface area contributed by atoms with Crippen molar-refractivity contribution in [1.29, 1.82) is 0 Å². The molecule has 72 heavy (non-hydrogen) atoms. The van der Waals surface area contributed by atoms with Gasteiger partial charge in [0.25, 0.3) is 0 Å². The number of carbonyl (C=O) groups is 3. The van der Waals surface area contributed by atoms with E-state index in [0.29, 0.717) is 19.3 Å². The standard InChI is InChI=1S/C66H120O6/c1-4-7-10-13-16-19-21-23-24-25-26-27-28-29-30-31-32-33-34-35-36-37-38-39-40-41-42-43-45-47-50-53-56-59-65(68)71-62-63(61-70-64(67)58-55-52-49-46-18-15-12-9-6-3)72-66(69)60-57-54-51-48-44-22-20-17-14-11-8-5-2/h17,20-21,23,25-26,28-29,63H,4-16,18-19,22,24,27,30-62H2,1-3H3/b20-17-,23-21-,26-25-,29-28-. The number of rotatable bonds is 58. The highest BCUT2D eigenvalue weighted by molar-refractivity contribution is 5.71. The number of esters is 3. The molecule has 0 rings (SSSR count). The van der Waals surface area contributed by atoms with Crippen LogP contribution in [0.25, 0.3) is 0 Å². The number of ether oxygens (including phenoxy) is 3. The van der Waals surface area contributed by atoms with Crippen LogP contribution in [0, 0.1) is 0 Å². The van der Waals surface area contributed by atoms with Crippen molar-refractivity contribution in [3.8, 4) is 0 Å². The predicted molar refractivity (Wildman–Crippen MR) is 312 cm³/mol. The van der Waals surface area contributed by atoms with Gasteiger partial charge < -0.3 is 14.2 Å². The van der Waals surface area contributed by atoms with E-state index in [1.165, 1.54) is 218 Å². The molecule has 6 heteroatoms. The van der Waals surface area contributed by atoms with Gasteiger partial charge in [0.1, 0.15) is 13.2 Å². The van der Waals surface area contributed by atoms with Crippen LogP contribution in [0.1, 0.15) is 335 Å². The molecule has 0 spiro atoms. The van der Waals surface area contributed by atoms with Crippen LogP contribution in [-0.2, 0) is 28.6 Å². The lowest BCUT2D eigenvalue weighted by molar-refractivity contribution is -0.167. The first-order valence-corrected chi connectivity index (χ1v) is 31.6. The molecule has 6 nitrogen and oxygen atoms in total. The van der Waals surface area contributed by atoms with E-state index in [2.05, 4.69) is 69.4 Å². The van der Waals surface area contributed by atoms with Crippen LogP contribution in [0.5, 0.6) is 0 Å². The van der Waals surface area contributed by atoms with Gasteiger partial charge in [0.15, 0.2) is 6.10 Å².